The monoisotopic (exact) mass is 284 g/mol. The molecule has 0 fully saturated rings. The van der Waals surface area contributed by atoms with Crippen LogP contribution in [0.2, 0.25) is 0 Å². The Morgan fingerprint density at radius 2 is 1.95 bits per heavy atom. The number of hydrogen-bond acceptors (Lipinski definition) is 4. The molecule has 0 N–H and O–H groups in total. The van der Waals surface area contributed by atoms with Gasteiger partial charge in [-0.2, -0.15) is 4.31 Å². The minimum Gasteiger partial charge on any atom is -0.258 e. The van der Waals surface area contributed by atoms with Gasteiger partial charge in [0.1, 0.15) is 0 Å². The summed E-state index contributed by atoms with van der Waals surface area (Å²) in [5.41, 5.74) is 0.410. The standard InChI is InChI=1S/C12H16N2O4S/c1-3-13(4-2)19(17,18)9-8-11-6-5-7-12(10-11)14(15)16/h5-10H,3-4H2,1-2H3. The number of benzene rings is 1. The Labute approximate surface area is 112 Å². The normalized spacial score (nSPS) is 12.2. The summed E-state index contributed by atoms with van der Waals surface area (Å²) in [6.07, 6.45) is 1.36. The van der Waals surface area contributed by atoms with Crippen molar-refractivity contribution in [3.63, 3.8) is 0 Å². The molecule has 1 rings (SSSR count). The molecule has 0 spiro atoms. The summed E-state index contributed by atoms with van der Waals surface area (Å²) in [6, 6.07) is 5.81. The van der Waals surface area contributed by atoms with E-state index in [1.54, 1.807) is 19.9 Å². The Morgan fingerprint density at radius 1 is 1.32 bits per heavy atom. The smallest absolute Gasteiger partial charge is 0.258 e. The van der Waals surface area contributed by atoms with Crippen molar-refractivity contribution in [2.45, 2.75) is 13.8 Å². The molecule has 0 aromatic heterocycles. The van der Waals surface area contributed by atoms with Crippen LogP contribution < -0.4 is 0 Å². The molecular weight excluding hydrogens is 268 g/mol. The molecule has 0 saturated carbocycles. The highest BCUT2D eigenvalue weighted by Crippen LogP contribution is 2.15. The fraction of sp³-hybridized carbons (Fsp3) is 0.333. The highest BCUT2D eigenvalue weighted by molar-refractivity contribution is 7.92. The molecule has 0 unspecified atom stereocenters. The van der Waals surface area contributed by atoms with E-state index in [9.17, 15) is 18.5 Å². The fourth-order valence-electron chi connectivity index (χ4n) is 1.58. The maximum atomic E-state index is 11.9. The van der Waals surface area contributed by atoms with Crippen molar-refractivity contribution in [3.05, 3.63) is 45.4 Å². The lowest BCUT2D eigenvalue weighted by atomic mass is 10.2. The molecule has 6 nitrogen and oxygen atoms in total. The third-order valence-corrected chi connectivity index (χ3v) is 4.29. The van der Waals surface area contributed by atoms with Gasteiger partial charge in [0, 0.05) is 30.6 Å². The van der Waals surface area contributed by atoms with E-state index in [4.69, 9.17) is 0 Å². The summed E-state index contributed by atoms with van der Waals surface area (Å²) in [5, 5.41) is 11.7. The second kappa shape index (κ2) is 6.44. The van der Waals surface area contributed by atoms with Gasteiger partial charge in [-0.1, -0.05) is 26.0 Å². The molecule has 19 heavy (non-hydrogen) atoms. The summed E-state index contributed by atoms with van der Waals surface area (Å²) < 4.78 is 25.1. The van der Waals surface area contributed by atoms with E-state index < -0.39 is 14.9 Å². The number of hydrogen-bond donors (Lipinski definition) is 0. The van der Waals surface area contributed by atoms with Crippen LogP contribution in [0.3, 0.4) is 0 Å². The van der Waals surface area contributed by atoms with Crippen molar-refractivity contribution >= 4 is 21.8 Å². The lowest BCUT2D eigenvalue weighted by Crippen LogP contribution is -2.28. The first-order chi connectivity index (χ1) is 8.90. The molecule has 0 amide bonds. The van der Waals surface area contributed by atoms with Gasteiger partial charge in [-0.3, -0.25) is 10.1 Å². The molecule has 0 aliphatic rings. The van der Waals surface area contributed by atoms with Gasteiger partial charge in [0.15, 0.2) is 0 Å². The first-order valence-corrected chi connectivity index (χ1v) is 7.33. The Bertz CT molecular complexity index is 577. The molecule has 1 aromatic rings. The number of rotatable bonds is 6. The number of nitro groups is 1. The molecule has 0 bridgehead atoms. The fourth-order valence-corrected chi connectivity index (χ4v) is 2.80. The summed E-state index contributed by atoms with van der Waals surface area (Å²) in [5.74, 6) is 0. The molecule has 0 radical (unpaired) electrons. The van der Waals surface area contributed by atoms with Crippen LogP contribution in [-0.2, 0) is 10.0 Å². The molecule has 104 valence electrons. The lowest BCUT2D eigenvalue weighted by Gasteiger charge is -2.15. The van der Waals surface area contributed by atoms with Crippen LogP contribution in [0.15, 0.2) is 29.7 Å². The Kier molecular flexibility index (Phi) is 5.20. The van der Waals surface area contributed by atoms with Crippen molar-refractivity contribution in [1.82, 2.24) is 4.31 Å². The van der Waals surface area contributed by atoms with Gasteiger partial charge in [-0.15, -0.1) is 0 Å². The van der Waals surface area contributed by atoms with Gasteiger partial charge >= 0.3 is 0 Å². The third kappa shape index (κ3) is 4.15. The molecule has 0 heterocycles. The average Bonchev–Trinajstić information content (AvgIpc) is 2.38. The molecular formula is C12H16N2O4S. The van der Waals surface area contributed by atoms with Crippen LogP contribution in [0.25, 0.3) is 6.08 Å². The number of nitrogens with zero attached hydrogens (tertiary/aromatic N) is 2. The van der Waals surface area contributed by atoms with Crippen molar-refractivity contribution in [2.75, 3.05) is 13.1 Å². The van der Waals surface area contributed by atoms with Crippen LogP contribution in [0.5, 0.6) is 0 Å². The summed E-state index contributed by atoms with van der Waals surface area (Å²) >= 11 is 0. The zero-order valence-electron chi connectivity index (χ0n) is 10.8. The molecule has 0 atom stereocenters. The van der Waals surface area contributed by atoms with E-state index in [1.807, 2.05) is 0 Å². The number of nitro benzene ring substituents is 1. The molecule has 0 aliphatic carbocycles. The summed E-state index contributed by atoms with van der Waals surface area (Å²) in [7, 11) is -3.47. The minimum absolute atomic E-state index is 0.0672. The van der Waals surface area contributed by atoms with E-state index in [-0.39, 0.29) is 5.69 Å². The van der Waals surface area contributed by atoms with Crippen LogP contribution >= 0.6 is 0 Å². The maximum absolute atomic E-state index is 11.9. The van der Waals surface area contributed by atoms with E-state index in [2.05, 4.69) is 0 Å². The predicted octanol–water partition coefficient (Wildman–Crippen LogP) is 2.24. The van der Waals surface area contributed by atoms with Crippen molar-refractivity contribution in [2.24, 2.45) is 0 Å². The quantitative estimate of drug-likeness (QED) is 0.592. The minimum atomic E-state index is -3.47. The Morgan fingerprint density at radius 3 is 2.47 bits per heavy atom. The van der Waals surface area contributed by atoms with Gasteiger partial charge in [0.2, 0.25) is 10.0 Å². The largest absolute Gasteiger partial charge is 0.270 e. The van der Waals surface area contributed by atoms with Crippen LogP contribution in [0, 0.1) is 10.1 Å². The van der Waals surface area contributed by atoms with Gasteiger partial charge in [0.25, 0.3) is 5.69 Å². The molecule has 1 aromatic carbocycles. The van der Waals surface area contributed by atoms with Crippen LogP contribution in [0.1, 0.15) is 19.4 Å². The Balaban J connectivity index is 2.99. The molecule has 7 heteroatoms. The van der Waals surface area contributed by atoms with E-state index in [0.717, 1.165) is 5.41 Å². The van der Waals surface area contributed by atoms with E-state index >= 15 is 0 Å². The van der Waals surface area contributed by atoms with Crippen molar-refractivity contribution in [3.8, 4) is 0 Å². The third-order valence-electron chi connectivity index (χ3n) is 2.58. The SMILES string of the molecule is CCN(CC)S(=O)(=O)C=Cc1cccc([N+](=O)[O-])c1. The zero-order valence-corrected chi connectivity index (χ0v) is 11.6. The lowest BCUT2D eigenvalue weighted by molar-refractivity contribution is -0.384. The van der Waals surface area contributed by atoms with Crippen molar-refractivity contribution < 1.29 is 13.3 Å². The van der Waals surface area contributed by atoms with Gasteiger partial charge in [0.05, 0.1) is 4.92 Å². The van der Waals surface area contributed by atoms with Crippen molar-refractivity contribution in [1.29, 1.82) is 0 Å². The van der Waals surface area contributed by atoms with Gasteiger partial charge < -0.3 is 0 Å². The molecule has 0 aliphatic heterocycles. The first kappa shape index (κ1) is 15.3. The van der Waals surface area contributed by atoms with E-state index in [1.165, 1.54) is 28.6 Å². The molecule has 0 saturated heterocycles. The predicted molar refractivity (Wildman–Crippen MR) is 74.0 cm³/mol. The zero-order chi connectivity index (χ0) is 14.5. The summed E-state index contributed by atoms with van der Waals surface area (Å²) in [6.45, 7) is 4.28. The second-order valence-corrected chi connectivity index (χ2v) is 5.60. The van der Waals surface area contributed by atoms with Crippen LogP contribution in [0.4, 0.5) is 5.69 Å². The van der Waals surface area contributed by atoms with E-state index in [0.29, 0.717) is 18.7 Å². The number of sulfonamides is 1. The Hall–Kier alpha value is -1.73. The topological polar surface area (TPSA) is 80.5 Å². The number of non-ortho nitro benzene ring substituents is 1. The summed E-state index contributed by atoms with van der Waals surface area (Å²) in [4.78, 5) is 10.1. The van der Waals surface area contributed by atoms with Crippen LogP contribution in [-0.4, -0.2) is 30.7 Å². The average molecular weight is 284 g/mol. The highest BCUT2D eigenvalue weighted by Gasteiger charge is 2.14. The first-order valence-electron chi connectivity index (χ1n) is 5.83. The maximum Gasteiger partial charge on any atom is 0.270 e. The second-order valence-electron chi connectivity index (χ2n) is 3.78. The van der Waals surface area contributed by atoms with Gasteiger partial charge in [-0.25, -0.2) is 8.42 Å². The highest BCUT2D eigenvalue weighted by atomic mass is 32.2. The van der Waals surface area contributed by atoms with Gasteiger partial charge in [-0.05, 0) is 11.6 Å².